The lowest BCUT2D eigenvalue weighted by Crippen LogP contribution is -2.05. The summed E-state index contributed by atoms with van der Waals surface area (Å²) in [6.45, 7) is 0.836. The first-order valence-electron chi connectivity index (χ1n) is 6.39. The molecule has 2 aromatic carbocycles. The van der Waals surface area contributed by atoms with Crippen LogP contribution in [0.25, 0.3) is 0 Å². The zero-order chi connectivity index (χ0) is 15.2. The molecular formula is C16H14BrFN2O. The molecule has 0 saturated heterocycles. The Hall–Kier alpha value is -1.90. The molecule has 0 fully saturated rings. The SMILES string of the molecule is CNCc1ccc(OCc2cccc(C#N)c2F)c(Br)c1. The predicted octanol–water partition coefficient (Wildman–Crippen LogP) is 3.76. The number of nitriles is 1. The summed E-state index contributed by atoms with van der Waals surface area (Å²) in [5, 5.41) is 11.9. The fourth-order valence-electron chi connectivity index (χ4n) is 1.91. The van der Waals surface area contributed by atoms with E-state index in [1.54, 1.807) is 12.1 Å². The maximum absolute atomic E-state index is 13.9. The molecule has 0 aliphatic carbocycles. The number of halogens is 2. The minimum atomic E-state index is -0.525. The number of benzene rings is 2. The molecule has 0 amide bonds. The average molecular weight is 349 g/mol. The predicted molar refractivity (Wildman–Crippen MR) is 82.4 cm³/mol. The van der Waals surface area contributed by atoms with Crippen LogP contribution < -0.4 is 10.1 Å². The van der Waals surface area contributed by atoms with E-state index in [2.05, 4.69) is 21.2 Å². The minimum absolute atomic E-state index is 0.0273. The highest BCUT2D eigenvalue weighted by molar-refractivity contribution is 9.10. The fourth-order valence-corrected chi connectivity index (χ4v) is 2.45. The molecule has 1 N–H and O–H groups in total. The van der Waals surface area contributed by atoms with Crippen LogP contribution in [-0.4, -0.2) is 7.05 Å². The third kappa shape index (κ3) is 3.81. The van der Waals surface area contributed by atoms with Gasteiger partial charge in [0.15, 0.2) is 0 Å². The van der Waals surface area contributed by atoms with Gasteiger partial charge in [0.1, 0.15) is 24.2 Å². The van der Waals surface area contributed by atoms with Crippen molar-refractivity contribution in [2.75, 3.05) is 7.05 Å². The van der Waals surface area contributed by atoms with Crippen LogP contribution in [-0.2, 0) is 13.2 Å². The maximum Gasteiger partial charge on any atom is 0.147 e. The Morgan fingerprint density at radius 1 is 1.33 bits per heavy atom. The number of hydrogen-bond donors (Lipinski definition) is 1. The smallest absolute Gasteiger partial charge is 0.147 e. The van der Waals surface area contributed by atoms with Crippen molar-refractivity contribution in [2.24, 2.45) is 0 Å². The quantitative estimate of drug-likeness (QED) is 0.894. The van der Waals surface area contributed by atoms with Gasteiger partial charge in [0.05, 0.1) is 10.0 Å². The summed E-state index contributed by atoms with van der Waals surface area (Å²) in [4.78, 5) is 0. The summed E-state index contributed by atoms with van der Waals surface area (Å²) in [6.07, 6.45) is 0. The van der Waals surface area contributed by atoms with E-state index < -0.39 is 5.82 Å². The molecule has 0 aliphatic heterocycles. The highest BCUT2D eigenvalue weighted by Gasteiger charge is 2.09. The van der Waals surface area contributed by atoms with Gasteiger partial charge in [-0.3, -0.25) is 0 Å². The topological polar surface area (TPSA) is 45.0 Å². The van der Waals surface area contributed by atoms with Gasteiger partial charge in [0.2, 0.25) is 0 Å². The molecule has 5 heteroatoms. The molecule has 0 heterocycles. The van der Waals surface area contributed by atoms with Gasteiger partial charge in [0, 0.05) is 12.1 Å². The molecule has 2 rings (SSSR count). The summed E-state index contributed by atoms with van der Waals surface area (Å²) in [6, 6.07) is 12.3. The van der Waals surface area contributed by atoms with Gasteiger partial charge < -0.3 is 10.1 Å². The Balaban J connectivity index is 2.12. The number of nitrogens with zero attached hydrogens (tertiary/aromatic N) is 1. The lowest BCUT2D eigenvalue weighted by atomic mass is 10.1. The highest BCUT2D eigenvalue weighted by atomic mass is 79.9. The van der Waals surface area contributed by atoms with Crippen LogP contribution in [0.4, 0.5) is 4.39 Å². The second kappa shape index (κ2) is 7.21. The molecule has 0 atom stereocenters. The largest absolute Gasteiger partial charge is 0.488 e. The van der Waals surface area contributed by atoms with Gasteiger partial charge in [-0.15, -0.1) is 0 Å². The Morgan fingerprint density at radius 2 is 2.14 bits per heavy atom. The van der Waals surface area contributed by atoms with Crippen molar-refractivity contribution < 1.29 is 9.13 Å². The number of hydrogen-bond acceptors (Lipinski definition) is 3. The average Bonchev–Trinajstić information content (AvgIpc) is 2.48. The second-order valence-electron chi connectivity index (χ2n) is 4.47. The molecule has 0 aromatic heterocycles. The van der Waals surface area contributed by atoms with Crippen molar-refractivity contribution >= 4 is 15.9 Å². The van der Waals surface area contributed by atoms with E-state index in [0.29, 0.717) is 11.3 Å². The normalized spacial score (nSPS) is 10.2. The Kier molecular flexibility index (Phi) is 5.32. The van der Waals surface area contributed by atoms with E-state index in [9.17, 15) is 4.39 Å². The summed E-state index contributed by atoms with van der Waals surface area (Å²) in [5.41, 5.74) is 1.51. The van der Waals surface area contributed by atoms with Crippen molar-refractivity contribution in [2.45, 2.75) is 13.2 Å². The molecule has 21 heavy (non-hydrogen) atoms. The summed E-state index contributed by atoms with van der Waals surface area (Å²) in [5.74, 6) is 0.111. The van der Waals surface area contributed by atoms with Gasteiger partial charge in [0.25, 0.3) is 0 Å². The number of ether oxygens (including phenoxy) is 1. The lowest BCUT2D eigenvalue weighted by Gasteiger charge is -2.10. The van der Waals surface area contributed by atoms with Crippen molar-refractivity contribution in [3.8, 4) is 11.8 Å². The van der Waals surface area contributed by atoms with E-state index in [1.807, 2.05) is 31.3 Å². The van der Waals surface area contributed by atoms with E-state index in [-0.39, 0.29) is 12.2 Å². The van der Waals surface area contributed by atoms with Crippen LogP contribution in [0.3, 0.4) is 0 Å². The third-order valence-corrected chi connectivity index (χ3v) is 3.58. The van der Waals surface area contributed by atoms with Crippen LogP contribution >= 0.6 is 15.9 Å². The molecule has 0 saturated carbocycles. The Labute approximate surface area is 131 Å². The van der Waals surface area contributed by atoms with E-state index in [4.69, 9.17) is 10.00 Å². The van der Waals surface area contributed by atoms with Crippen LogP contribution in [0.1, 0.15) is 16.7 Å². The van der Waals surface area contributed by atoms with Gasteiger partial charge in [-0.05, 0) is 46.7 Å². The van der Waals surface area contributed by atoms with Gasteiger partial charge >= 0.3 is 0 Å². The number of nitrogens with one attached hydrogen (secondary N) is 1. The van der Waals surface area contributed by atoms with E-state index in [1.165, 1.54) is 6.07 Å². The number of rotatable bonds is 5. The molecule has 0 radical (unpaired) electrons. The van der Waals surface area contributed by atoms with Crippen molar-refractivity contribution in [1.29, 1.82) is 5.26 Å². The Bertz CT molecular complexity index is 682. The van der Waals surface area contributed by atoms with Crippen molar-refractivity contribution in [1.82, 2.24) is 5.32 Å². The first-order valence-corrected chi connectivity index (χ1v) is 7.18. The first-order chi connectivity index (χ1) is 10.2. The standard InChI is InChI=1S/C16H14BrFN2O/c1-20-9-11-5-6-15(14(17)7-11)21-10-13-4-2-3-12(8-19)16(13)18/h2-7,20H,9-10H2,1H3. The van der Waals surface area contributed by atoms with Crippen LogP contribution in [0.5, 0.6) is 5.75 Å². The molecule has 0 aliphatic rings. The van der Waals surface area contributed by atoms with Crippen LogP contribution in [0, 0.1) is 17.1 Å². The zero-order valence-corrected chi connectivity index (χ0v) is 13.1. The molecule has 0 unspecified atom stereocenters. The third-order valence-electron chi connectivity index (χ3n) is 2.96. The van der Waals surface area contributed by atoms with E-state index in [0.717, 1.165) is 16.6 Å². The van der Waals surface area contributed by atoms with Crippen molar-refractivity contribution in [3.05, 3.63) is 63.4 Å². The second-order valence-corrected chi connectivity index (χ2v) is 5.33. The fraction of sp³-hybridized carbons (Fsp3) is 0.188. The molecule has 108 valence electrons. The van der Waals surface area contributed by atoms with Gasteiger partial charge in [-0.1, -0.05) is 18.2 Å². The molecular weight excluding hydrogens is 335 g/mol. The molecule has 2 aromatic rings. The molecule has 0 bridgehead atoms. The van der Waals surface area contributed by atoms with Crippen LogP contribution in [0.15, 0.2) is 40.9 Å². The monoisotopic (exact) mass is 348 g/mol. The van der Waals surface area contributed by atoms with Crippen molar-refractivity contribution in [3.63, 3.8) is 0 Å². The Morgan fingerprint density at radius 3 is 2.81 bits per heavy atom. The zero-order valence-electron chi connectivity index (χ0n) is 11.5. The summed E-state index contributed by atoms with van der Waals surface area (Å²) < 4.78 is 20.3. The van der Waals surface area contributed by atoms with Gasteiger partial charge in [-0.25, -0.2) is 4.39 Å². The van der Waals surface area contributed by atoms with Gasteiger partial charge in [-0.2, -0.15) is 5.26 Å². The summed E-state index contributed by atoms with van der Waals surface area (Å²) in [7, 11) is 1.88. The first kappa shape index (κ1) is 15.5. The minimum Gasteiger partial charge on any atom is -0.488 e. The lowest BCUT2D eigenvalue weighted by molar-refractivity contribution is 0.297. The maximum atomic E-state index is 13.9. The summed E-state index contributed by atoms with van der Waals surface area (Å²) >= 11 is 3.44. The van der Waals surface area contributed by atoms with E-state index >= 15 is 0 Å². The molecule has 3 nitrogen and oxygen atoms in total. The highest BCUT2D eigenvalue weighted by Crippen LogP contribution is 2.27. The van der Waals surface area contributed by atoms with Crippen LogP contribution in [0.2, 0.25) is 0 Å². The molecule has 0 spiro atoms.